The Hall–Kier alpha value is -3.42. The van der Waals surface area contributed by atoms with Gasteiger partial charge in [0.25, 0.3) is 5.91 Å². The molecule has 2 amide bonds. The number of carbonyl (C=O) groups is 2. The third-order valence-electron chi connectivity index (χ3n) is 7.94. The number of hydrogen-bond acceptors (Lipinski definition) is 6. The van der Waals surface area contributed by atoms with E-state index in [0.29, 0.717) is 48.5 Å². The molecule has 2 fully saturated rings. The lowest BCUT2D eigenvalue weighted by molar-refractivity contribution is -0.159. The topological polar surface area (TPSA) is 77.5 Å². The first-order chi connectivity index (χ1) is 18.9. The summed E-state index contributed by atoms with van der Waals surface area (Å²) < 4.78 is 22.3. The Morgan fingerprint density at radius 3 is 2.18 bits per heavy atom. The van der Waals surface area contributed by atoms with Crippen LogP contribution in [0, 0.1) is 5.92 Å². The smallest absolute Gasteiger partial charge is 0.250 e. The Labute approximate surface area is 232 Å². The van der Waals surface area contributed by atoms with Gasteiger partial charge in [-0.1, -0.05) is 26.0 Å². The van der Waals surface area contributed by atoms with E-state index in [2.05, 4.69) is 6.92 Å². The van der Waals surface area contributed by atoms with Crippen molar-refractivity contribution in [2.45, 2.75) is 64.5 Å². The number of ether oxygens (including phenoxy) is 4. The first kappa shape index (κ1) is 28.6. The summed E-state index contributed by atoms with van der Waals surface area (Å²) in [6, 6.07) is 10.7. The summed E-state index contributed by atoms with van der Waals surface area (Å²) in [4.78, 5) is 31.4. The Kier molecular flexibility index (Phi) is 9.59. The molecule has 1 unspecified atom stereocenters. The highest BCUT2D eigenvalue weighted by molar-refractivity contribution is 5.96. The summed E-state index contributed by atoms with van der Waals surface area (Å²) in [5.41, 5.74) is 1.73. The fraction of sp³-hybridized carbons (Fsp3) is 0.548. The predicted octanol–water partition coefficient (Wildman–Crippen LogP) is 5.03. The molecule has 2 aromatic rings. The molecule has 4 rings (SSSR count). The van der Waals surface area contributed by atoms with Crippen LogP contribution in [0.4, 0.5) is 0 Å². The monoisotopic (exact) mass is 538 g/mol. The van der Waals surface area contributed by atoms with Crippen molar-refractivity contribution in [3.8, 4) is 23.0 Å². The molecule has 2 aromatic carbocycles. The lowest BCUT2D eigenvalue weighted by Crippen LogP contribution is -2.59. The van der Waals surface area contributed by atoms with Gasteiger partial charge in [-0.05, 0) is 79.8 Å². The van der Waals surface area contributed by atoms with Gasteiger partial charge in [0, 0.05) is 12.6 Å². The van der Waals surface area contributed by atoms with Gasteiger partial charge < -0.3 is 28.7 Å². The molecule has 212 valence electrons. The molecule has 1 aliphatic heterocycles. The molecular formula is C31H42N2O6. The molecule has 8 nitrogen and oxygen atoms in total. The first-order valence-electron chi connectivity index (χ1n) is 14.0. The maximum absolute atomic E-state index is 14.1. The van der Waals surface area contributed by atoms with Crippen molar-refractivity contribution in [1.29, 1.82) is 0 Å². The minimum atomic E-state index is -0.722. The van der Waals surface area contributed by atoms with Crippen LogP contribution in [-0.4, -0.2) is 68.7 Å². The van der Waals surface area contributed by atoms with Crippen LogP contribution < -0.4 is 18.9 Å². The Morgan fingerprint density at radius 2 is 1.51 bits per heavy atom. The largest absolute Gasteiger partial charge is 0.493 e. The summed E-state index contributed by atoms with van der Waals surface area (Å²) in [7, 11) is 4.80. The van der Waals surface area contributed by atoms with Crippen LogP contribution in [0.25, 0.3) is 0 Å². The molecule has 0 aromatic heterocycles. The predicted molar refractivity (Wildman–Crippen MR) is 150 cm³/mol. The highest BCUT2D eigenvalue weighted by Crippen LogP contribution is 2.37. The highest BCUT2D eigenvalue weighted by Gasteiger charge is 2.43. The second kappa shape index (κ2) is 13.1. The minimum Gasteiger partial charge on any atom is -0.493 e. The Morgan fingerprint density at radius 1 is 0.846 bits per heavy atom. The van der Waals surface area contributed by atoms with Crippen LogP contribution in [0.15, 0.2) is 36.4 Å². The van der Waals surface area contributed by atoms with Crippen molar-refractivity contribution in [3.63, 3.8) is 0 Å². The van der Waals surface area contributed by atoms with Crippen LogP contribution in [0.2, 0.25) is 0 Å². The van der Waals surface area contributed by atoms with Gasteiger partial charge in [0.2, 0.25) is 5.91 Å². The SMILES string of the molecule is CCCOc1ccc(C2C(=O)N(C3CCC(C)CC3)CC(=O)N2CCc2ccc(OC)c(OC)c2)cc1OC. The van der Waals surface area contributed by atoms with Gasteiger partial charge in [-0.3, -0.25) is 9.59 Å². The van der Waals surface area contributed by atoms with E-state index in [1.54, 1.807) is 26.2 Å². The molecular weight excluding hydrogens is 496 g/mol. The lowest BCUT2D eigenvalue weighted by Gasteiger charge is -2.45. The molecule has 1 saturated carbocycles. The molecule has 1 saturated heterocycles. The number of nitrogens with zero attached hydrogens (tertiary/aromatic N) is 2. The van der Waals surface area contributed by atoms with Crippen LogP contribution >= 0.6 is 0 Å². The second-order valence-corrected chi connectivity index (χ2v) is 10.6. The Bertz CT molecular complexity index is 1140. The van der Waals surface area contributed by atoms with Crippen molar-refractivity contribution in [2.75, 3.05) is 41.0 Å². The maximum Gasteiger partial charge on any atom is 0.250 e. The number of methoxy groups -OCH3 is 3. The zero-order valence-corrected chi connectivity index (χ0v) is 23.9. The van der Waals surface area contributed by atoms with E-state index in [1.807, 2.05) is 48.2 Å². The number of carbonyl (C=O) groups excluding carboxylic acids is 2. The summed E-state index contributed by atoms with van der Waals surface area (Å²) >= 11 is 0. The molecule has 8 heteroatoms. The van der Waals surface area contributed by atoms with Gasteiger partial charge in [0.15, 0.2) is 23.0 Å². The second-order valence-electron chi connectivity index (χ2n) is 10.6. The zero-order chi connectivity index (χ0) is 27.9. The van der Waals surface area contributed by atoms with Gasteiger partial charge in [0.05, 0.1) is 27.9 Å². The minimum absolute atomic E-state index is 0.0225. The van der Waals surface area contributed by atoms with Crippen molar-refractivity contribution in [2.24, 2.45) is 5.92 Å². The lowest BCUT2D eigenvalue weighted by atomic mass is 9.85. The third-order valence-corrected chi connectivity index (χ3v) is 7.94. The molecule has 2 aliphatic rings. The van der Waals surface area contributed by atoms with E-state index in [0.717, 1.165) is 43.2 Å². The quantitative estimate of drug-likeness (QED) is 0.399. The normalized spacial score (nSPS) is 21.6. The molecule has 0 N–H and O–H groups in total. The van der Waals surface area contributed by atoms with Gasteiger partial charge in [-0.25, -0.2) is 0 Å². The van der Waals surface area contributed by atoms with Crippen molar-refractivity contribution >= 4 is 11.8 Å². The summed E-state index contributed by atoms with van der Waals surface area (Å²) in [6.07, 6.45) is 5.48. The maximum atomic E-state index is 14.1. The first-order valence-corrected chi connectivity index (χ1v) is 14.0. The van der Waals surface area contributed by atoms with E-state index in [9.17, 15) is 9.59 Å². The Balaban J connectivity index is 1.64. The van der Waals surface area contributed by atoms with E-state index in [-0.39, 0.29) is 24.4 Å². The van der Waals surface area contributed by atoms with E-state index in [1.165, 1.54) is 0 Å². The van der Waals surface area contributed by atoms with E-state index >= 15 is 0 Å². The van der Waals surface area contributed by atoms with Crippen molar-refractivity contribution in [1.82, 2.24) is 9.80 Å². The fourth-order valence-electron chi connectivity index (χ4n) is 5.66. The zero-order valence-electron chi connectivity index (χ0n) is 23.9. The van der Waals surface area contributed by atoms with Gasteiger partial charge in [-0.2, -0.15) is 0 Å². The van der Waals surface area contributed by atoms with Crippen LogP contribution in [0.1, 0.15) is 63.1 Å². The summed E-state index contributed by atoms with van der Waals surface area (Å²) in [6.45, 7) is 5.39. The van der Waals surface area contributed by atoms with Gasteiger partial charge in [0.1, 0.15) is 12.6 Å². The average molecular weight is 539 g/mol. The number of piperazine rings is 1. The molecule has 0 spiro atoms. The molecule has 39 heavy (non-hydrogen) atoms. The number of rotatable bonds is 11. The number of amides is 2. The van der Waals surface area contributed by atoms with Crippen LogP contribution in [0.5, 0.6) is 23.0 Å². The van der Waals surface area contributed by atoms with Gasteiger partial charge >= 0.3 is 0 Å². The molecule has 1 atom stereocenters. The van der Waals surface area contributed by atoms with E-state index in [4.69, 9.17) is 18.9 Å². The molecule has 0 radical (unpaired) electrons. The molecule has 1 aliphatic carbocycles. The molecule has 0 bridgehead atoms. The van der Waals surface area contributed by atoms with Gasteiger partial charge in [-0.15, -0.1) is 0 Å². The molecule has 1 heterocycles. The van der Waals surface area contributed by atoms with Crippen LogP contribution in [0.3, 0.4) is 0 Å². The summed E-state index contributed by atoms with van der Waals surface area (Å²) in [5, 5.41) is 0. The fourth-order valence-corrected chi connectivity index (χ4v) is 5.66. The number of hydrogen-bond donors (Lipinski definition) is 0. The highest BCUT2D eigenvalue weighted by atomic mass is 16.5. The standard InChI is InChI=1S/C31H42N2O6/c1-6-17-39-26-14-10-23(19-28(26)38-5)30-31(35)33(24-11-7-21(2)8-12-24)20-29(34)32(30)16-15-22-9-13-25(36-3)27(18-22)37-4/h9-10,13-14,18-19,21,24,30H,6-8,11-12,15-17,20H2,1-5H3. The van der Waals surface area contributed by atoms with Crippen molar-refractivity contribution < 1.29 is 28.5 Å². The van der Waals surface area contributed by atoms with Crippen molar-refractivity contribution in [3.05, 3.63) is 47.5 Å². The third kappa shape index (κ3) is 6.43. The summed E-state index contributed by atoms with van der Waals surface area (Å²) in [5.74, 6) is 3.08. The van der Waals surface area contributed by atoms with Crippen LogP contribution in [-0.2, 0) is 16.0 Å². The average Bonchev–Trinajstić information content (AvgIpc) is 2.96. The number of benzene rings is 2. The van der Waals surface area contributed by atoms with E-state index < -0.39 is 6.04 Å².